The predicted molar refractivity (Wildman–Crippen MR) is 56.1 cm³/mol. The lowest BCUT2D eigenvalue weighted by Crippen LogP contribution is -2.15. The Kier molecular flexibility index (Phi) is 9.02. The van der Waals surface area contributed by atoms with Crippen LogP contribution >= 0.6 is 11.6 Å². The Balaban J connectivity index is 0. The van der Waals surface area contributed by atoms with Gasteiger partial charge in [-0.25, -0.2) is 4.79 Å². The number of alkyl halides is 1. The van der Waals surface area contributed by atoms with E-state index in [0.29, 0.717) is 5.57 Å². The van der Waals surface area contributed by atoms with Gasteiger partial charge in [0.15, 0.2) is 0 Å². The second-order valence-corrected chi connectivity index (χ2v) is 2.62. The second kappa shape index (κ2) is 7.92. The van der Waals surface area contributed by atoms with Crippen LogP contribution in [0.15, 0.2) is 11.3 Å². The number of aliphatic carboxylic acids is 1. The van der Waals surface area contributed by atoms with E-state index in [-0.39, 0.29) is 0 Å². The molecular weight excluding hydrogens is 190 g/mol. The van der Waals surface area contributed by atoms with Crippen LogP contribution in [0, 0.1) is 0 Å². The molecule has 0 bridgehead atoms. The molecule has 0 unspecified atom stereocenters. The topological polar surface area (TPSA) is 40.5 Å². The van der Waals surface area contributed by atoms with E-state index in [1.165, 1.54) is 6.38 Å². The standard InChI is InChI=1S/C8H15NO2.CH3Cl/c1-5-7(9(3)4)6(2)8(10)11;1-2/h5H2,1-4H3,(H,10,11);1H3/b7-6+;. The maximum absolute atomic E-state index is 10.5. The van der Waals surface area contributed by atoms with Gasteiger partial charge in [0.05, 0.1) is 5.57 Å². The molecule has 0 aromatic rings. The second-order valence-electron chi connectivity index (χ2n) is 2.62. The lowest BCUT2D eigenvalue weighted by molar-refractivity contribution is -0.132. The molecule has 0 fully saturated rings. The Morgan fingerprint density at radius 2 is 1.77 bits per heavy atom. The largest absolute Gasteiger partial charge is 0.478 e. The van der Waals surface area contributed by atoms with Gasteiger partial charge in [0.1, 0.15) is 0 Å². The summed E-state index contributed by atoms with van der Waals surface area (Å²) in [5.41, 5.74) is 1.30. The van der Waals surface area contributed by atoms with Gasteiger partial charge in [0, 0.05) is 26.2 Å². The maximum atomic E-state index is 10.5. The van der Waals surface area contributed by atoms with Crippen LogP contribution in [0.25, 0.3) is 0 Å². The molecule has 0 amide bonds. The predicted octanol–water partition coefficient (Wildman–Crippen LogP) is 2.17. The molecule has 13 heavy (non-hydrogen) atoms. The van der Waals surface area contributed by atoms with E-state index >= 15 is 0 Å². The number of halogens is 1. The highest BCUT2D eigenvalue weighted by atomic mass is 35.5. The molecule has 0 aliphatic rings. The molecule has 3 nitrogen and oxygen atoms in total. The van der Waals surface area contributed by atoms with Gasteiger partial charge >= 0.3 is 5.97 Å². The summed E-state index contributed by atoms with van der Waals surface area (Å²) in [5.74, 6) is -0.837. The maximum Gasteiger partial charge on any atom is 0.333 e. The Bertz CT molecular complexity index is 188. The highest BCUT2D eigenvalue weighted by Gasteiger charge is 2.08. The molecular formula is C9H18ClNO2. The van der Waals surface area contributed by atoms with Crippen LogP contribution in [0.3, 0.4) is 0 Å². The molecule has 0 spiro atoms. The molecule has 0 saturated carbocycles. The number of rotatable bonds is 3. The third-order valence-electron chi connectivity index (χ3n) is 1.63. The van der Waals surface area contributed by atoms with Crippen molar-refractivity contribution in [3.8, 4) is 0 Å². The van der Waals surface area contributed by atoms with Crippen molar-refractivity contribution in [2.24, 2.45) is 0 Å². The summed E-state index contributed by atoms with van der Waals surface area (Å²) in [4.78, 5) is 12.4. The van der Waals surface area contributed by atoms with E-state index in [4.69, 9.17) is 5.11 Å². The van der Waals surface area contributed by atoms with E-state index in [1.54, 1.807) is 6.92 Å². The molecule has 1 N–H and O–H groups in total. The Morgan fingerprint density at radius 3 is 1.85 bits per heavy atom. The number of carboxylic acid groups (broad SMARTS) is 1. The van der Waals surface area contributed by atoms with Crippen LogP contribution in [0.5, 0.6) is 0 Å². The molecule has 0 heterocycles. The number of carboxylic acids is 1. The van der Waals surface area contributed by atoms with E-state index in [2.05, 4.69) is 11.6 Å². The highest BCUT2D eigenvalue weighted by molar-refractivity contribution is 6.15. The van der Waals surface area contributed by atoms with Crippen LogP contribution in [0.2, 0.25) is 0 Å². The normalized spacial score (nSPS) is 10.9. The van der Waals surface area contributed by atoms with Gasteiger partial charge in [-0.2, -0.15) is 0 Å². The van der Waals surface area contributed by atoms with E-state index < -0.39 is 5.97 Å². The summed E-state index contributed by atoms with van der Waals surface area (Å²) in [7, 11) is 3.70. The van der Waals surface area contributed by atoms with Crippen molar-refractivity contribution in [3.63, 3.8) is 0 Å². The van der Waals surface area contributed by atoms with Gasteiger partial charge in [0.2, 0.25) is 0 Å². The van der Waals surface area contributed by atoms with Crippen molar-refractivity contribution < 1.29 is 9.90 Å². The van der Waals surface area contributed by atoms with Crippen LogP contribution in [0.4, 0.5) is 0 Å². The molecule has 0 radical (unpaired) electrons. The van der Waals surface area contributed by atoms with Crippen LogP contribution in [-0.2, 0) is 4.79 Å². The molecule has 0 aliphatic heterocycles. The fraction of sp³-hybridized carbons (Fsp3) is 0.667. The van der Waals surface area contributed by atoms with Crippen molar-refractivity contribution >= 4 is 17.6 Å². The van der Waals surface area contributed by atoms with Gasteiger partial charge in [0.25, 0.3) is 0 Å². The first-order valence-corrected chi connectivity index (χ1v) is 4.74. The van der Waals surface area contributed by atoms with Gasteiger partial charge < -0.3 is 10.0 Å². The van der Waals surface area contributed by atoms with Gasteiger partial charge in [-0.3, -0.25) is 0 Å². The lowest BCUT2D eigenvalue weighted by atomic mass is 10.2. The SMILES string of the molecule is CC/C(=C(/C)C(=O)O)N(C)C.CCl. The average molecular weight is 208 g/mol. The lowest BCUT2D eigenvalue weighted by Gasteiger charge is -2.17. The zero-order valence-electron chi connectivity index (χ0n) is 8.89. The number of allylic oxidation sites excluding steroid dienone is 1. The van der Waals surface area contributed by atoms with E-state index in [9.17, 15) is 4.79 Å². The first kappa shape index (κ1) is 14.8. The fourth-order valence-electron chi connectivity index (χ4n) is 1.04. The number of hydrogen-bond donors (Lipinski definition) is 1. The monoisotopic (exact) mass is 207 g/mol. The minimum atomic E-state index is -0.837. The average Bonchev–Trinajstić information content (AvgIpc) is 2.08. The minimum absolute atomic E-state index is 0.428. The number of carbonyl (C=O) groups is 1. The highest BCUT2D eigenvalue weighted by Crippen LogP contribution is 2.10. The third-order valence-corrected chi connectivity index (χ3v) is 1.63. The fourth-order valence-corrected chi connectivity index (χ4v) is 1.04. The Labute approximate surface area is 85.0 Å². The molecule has 0 aromatic heterocycles. The van der Waals surface area contributed by atoms with E-state index in [0.717, 1.165) is 12.1 Å². The first-order valence-electron chi connectivity index (χ1n) is 3.98. The van der Waals surface area contributed by atoms with Crippen molar-refractivity contribution in [1.82, 2.24) is 4.90 Å². The summed E-state index contributed by atoms with van der Waals surface area (Å²) in [6.07, 6.45) is 2.23. The first-order chi connectivity index (χ1) is 6.00. The molecule has 0 aromatic carbocycles. The van der Waals surface area contributed by atoms with Crippen LogP contribution < -0.4 is 0 Å². The smallest absolute Gasteiger partial charge is 0.333 e. The zero-order chi connectivity index (χ0) is 11.0. The molecule has 0 rings (SSSR count). The summed E-state index contributed by atoms with van der Waals surface area (Å²) in [6.45, 7) is 3.57. The van der Waals surface area contributed by atoms with Crippen molar-refractivity contribution in [2.45, 2.75) is 20.3 Å². The summed E-state index contributed by atoms with van der Waals surface area (Å²) >= 11 is 4.64. The molecule has 0 aliphatic carbocycles. The summed E-state index contributed by atoms with van der Waals surface area (Å²) < 4.78 is 0. The third kappa shape index (κ3) is 5.53. The van der Waals surface area contributed by atoms with Crippen molar-refractivity contribution in [2.75, 3.05) is 20.5 Å². The molecule has 78 valence electrons. The number of hydrogen-bond acceptors (Lipinski definition) is 2. The number of nitrogens with zero attached hydrogens (tertiary/aromatic N) is 1. The van der Waals surface area contributed by atoms with Gasteiger partial charge in [-0.1, -0.05) is 6.92 Å². The zero-order valence-corrected chi connectivity index (χ0v) is 9.64. The Hall–Kier alpha value is -0.700. The summed E-state index contributed by atoms with van der Waals surface area (Å²) in [5, 5.41) is 8.65. The Morgan fingerprint density at radius 1 is 1.38 bits per heavy atom. The minimum Gasteiger partial charge on any atom is -0.478 e. The van der Waals surface area contributed by atoms with Crippen molar-refractivity contribution in [1.29, 1.82) is 0 Å². The van der Waals surface area contributed by atoms with Crippen LogP contribution in [0.1, 0.15) is 20.3 Å². The quantitative estimate of drug-likeness (QED) is 0.570. The van der Waals surface area contributed by atoms with Crippen LogP contribution in [-0.4, -0.2) is 36.5 Å². The molecule has 0 atom stereocenters. The summed E-state index contributed by atoms with van der Waals surface area (Å²) in [6, 6.07) is 0. The van der Waals surface area contributed by atoms with Gasteiger partial charge in [-0.05, 0) is 13.3 Å². The molecule has 0 saturated heterocycles. The van der Waals surface area contributed by atoms with E-state index in [1.807, 2.05) is 25.9 Å². The molecule has 4 heteroatoms. The van der Waals surface area contributed by atoms with Crippen molar-refractivity contribution in [3.05, 3.63) is 11.3 Å². The van der Waals surface area contributed by atoms with Gasteiger partial charge in [-0.15, -0.1) is 11.6 Å².